The molecular formula is C19H25N3O2S. The Morgan fingerprint density at radius 1 is 1.52 bits per heavy atom. The molecule has 2 aliphatic rings. The van der Waals surface area contributed by atoms with E-state index in [2.05, 4.69) is 24.4 Å². The highest BCUT2D eigenvalue weighted by molar-refractivity contribution is 7.08. The van der Waals surface area contributed by atoms with Gasteiger partial charge >= 0.3 is 0 Å². The van der Waals surface area contributed by atoms with Crippen molar-refractivity contribution in [1.29, 1.82) is 0 Å². The van der Waals surface area contributed by atoms with E-state index in [1.807, 2.05) is 16.3 Å². The molecule has 1 amide bonds. The van der Waals surface area contributed by atoms with Crippen LogP contribution >= 0.6 is 11.3 Å². The third-order valence-electron chi connectivity index (χ3n) is 5.66. The zero-order valence-corrected chi connectivity index (χ0v) is 15.7. The Kier molecular flexibility index (Phi) is 4.40. The van der Waals surface area contributed by atoms with Gasteiger partial charge in [0.05, 0.1) is 11.8 Å². The molecule has 3 heterocycles. The molecule has 4 rings (SSSR count). The number of fused-ring (bicyclic) bond motifs is 1. The van der Waals surface area contributed by atoms with Crippen molar-refractivity contribution in [3.05, 3.63) is 34.1 Å². The topological polar surface area (TPSA) is 59.2 Å². The molecule has 1 saturated heterocycles. The summed E-state index contributed by atoms with van der Waals surface area (Å²) in [5, 5.41) is 8.42. The van der Waals surface area contributed by atoms with Crippen molar-refractivity contribution in [3.8, 4) is 0 Å². The number of carbonyl (C=O) groups excluding carboxylic acids is 1. The van der Waals surface area contributed by atoms with Gasteiger partial charge in [-0.05, 0) is 47.1 Å². The number of aromatic nitrogens is 2. The number of thiophene rings is 1. The quantitative estimate of drug-likeness (QED) is 0.820. The Hall–Kier alpha value is -1.69. The molecule has 134 valence electrons. The third kappa shape index (κ3) is 3.12. The molecule has 6 heteroatoms. The van der Waals surface area contributed by atoms with Crippen LogP contribution in [0.2, 0.25) is 0 Å². The summed E-state index contributed by atoms with van der Waals surface area (Å²) in [7, 11) is 0. The lowest BCUT2D eigenvalue weighted by Crippen LogP contribution is -2.36. The average molecular weight is 359 g/mol. The second-order valence-electron chi connectivity index (χ2n) is 7.94. The van der Waals surface area contributed by atoms with Gasteiger partial charge in [0.25, 0.3) is 0 Å². The van der Waals surface area contributed by atoms with Crippen LogP contribution in [0, 0.1) is 11.8 Å². The van der Waals surface area contributed by atoms with Gasteiger partial charge < -0.3 is 9.42 Å². The second-order valence-corrected chi connectivity index (χ2v) is 8.72. The van der Waals surface area contributed by atoms with Crippen molar-refractivity contribution in [2.24, 2.45) is 11.8 Å². The predicted octanol–water partition coefficient (Wildman–Crippen LogP) is 3.45. The molecule has 0 aromatic carbocycles. The van der Waals surface area contributed by atoms with Gasteiger partial charge in [-0.15, -0.1) is 0 Å². The SMILES string of the molecule is CC(C)Cc1nc([C@@]23CCC[C@@H]2CN(C(=O)Cc2ccsc2)C3)no1. The molecule has 2 aromatic rings. The Morgan fingerprint density at radius 2 is 2.40 bits per heavy atom. The lowest BCUT2D eigenvalue weighted by Gasteiger charge is -2.24. The van der Waals surface area contributed by atoms with E-state index in [1.165, 1.54) is 6.42 Å². The van der Waals surface area contributed by atoms with Crippen LogP contribution < -0.4 is 0 Å². The zero-order valence-electron chi connectivity index (χ0n) is 14.9. The largest absolute Gasteiger partial charge is 0.341 e. The van der Waals surface area contributed by atoms with Crippen LogP contribution in [0.5, 0.6) is 0 Å². The fourth-order valence-corrected chi connectivity index (χ4v) is 5.08. The lowest BCUT2D eigenvalue weighted by molar-refractivity contribution is -0.129. The highest BCUT2D eigenvalue weighted by Gasteiger charge is 2.54. The maximum Gasteiger partial charge on any atom is 0.227 e. The van der Waals surface area contributed by atoms with Gasteiger partial charge in [-0.2, -0.15) is 16.3 Å². The number of rotatable bonds is 5. The Bertz CT molecular complexity index is 740. The summed E-state index contributed by atoms with van der Waals surface area (Å²) in [4.78, 5) is 19.5. The lowest BCUT2D eigenvalue weighted by atomic mass is 9.80. The van der Waals surface area contributed by atoms with E-state index in [1.54, 1.807) is 11.3 Å². The highest BCUT2D eigenvalue weighted by Crippen LogP contribution is 2.49. The maximum atomic E-state index is 12.7. The summed E-state index contributed by atoms with van der Waals surface area (Å²) in [6.45, 7) is 5.88. The van der Waals surface area contributed by atoms with Gasteiger partial charge in [0.1, 0.15) is 0 Å². The van der Waals surface area contributed by atoms with Crippen LogP contribution in [0.1, 0.15) is 50.4 Å². The molecule has 0 N–H and O–H groups in total. The Balaban J connectivity index is 1.52. The molecule has 2 fully saturated rings. The third-order valence-corrected chi connectivity index (χ3v) is 6.39. The monoisotopic (exact) mass is 359 g/mol. The van der Waals surface area contributed by atoms with Crippen molar-refractivity contribution < 1.29 is 9.32 Å². The first-order valence-corrected chi connectivity index (χ1v) is 10.1. The first-order chi connectivity index (χ1) is 12.1. The fraction of sp³-hybridized carbons (Fsp3) is 0.632. The summed E-state index contributed by atoms with van der Waals surface area (Å²) < 4.78 is 5.51. The fourth-order valence-electron chi connectivity index (χ4n) is 4.41. The molecule has 1 saturated carbocycles. The van der Waals surface area contributed by atoms with Crippen molar-refractivity contribution in [2.75, 3.05) is 13.1 Å². The highest BCUT2D eigenvalue weighted by atomic mass is 32.1. The summed E-state index contributed by atoms with van der Waals surface area (Å²) in [6, 6.07) is 2.03. The summed E-state index contributed by atoms with van der Waals surface area (Å²) in [5.74, 6) is 2.74. The smallest absolute Gasteiger partial charge is 0.227 e. The molecule has 2 aromatic heterocycles. The summed E-state index contributed by atoms with van der Waals surface area (Å²) >= 11 is 1.64. The van der Waals surface area contributed by atoms with Crippen LogP contribution in [0.4, 0.5) is 0 Å². The van der Waals surface area contributed by atoms with E-state index in [-0.39, 0.29) is 11.3 Å². The zero-order chi connectivity index (χ0) is 17.4. The van der Waals surface area contributed by atoms with E-state index in [9.17, 15) is 4.79 Å². The van der Waals surface area contributed by atoms with Gasteiger partial charge in [-0.1, -0.05) is 25.4 Å². The van der Waals surface area contributed by atoms with Crippen molar-refractivity contribution >= 4 is 17.2 Å². The van der Waals surface area contributed by atoms with Crippen LogP contribution in [-0.2, 0) is 23.1 Å². The van der Waals surface area contributed by atoms with Gasteiger partial charge in [0, 0.05) is 19.5 Å². The normalized spacial score (nSPS) is 25.7. The van der Waals surface area contributed by atoms with Crippen LogP contribution in [0.25, 0.3) is 0 Å². The van der Waals surface area contributed by atoms with Crippen molar-refractivity contribution in [2.45, 2.75) is 51.4 Å². The molecule has 1 aliphatic heterocycles. The number of amides is 1. The number of nitrogens with zero attached hydrogens (tertiary/aromatic N) is 3. The van der Waals surface area contributed by atoms with Gasteiger partial charge in [-0.3, -0.25) is 4.79 Å². The number of hydrogen-bond donors (Lipinski definition) is 0. The molecule has 5 nitrogen and oxygen atoms in total. The molecule has 0 radical (unpaired) electrons. The molecule has 0 bridgehead atoms. The first-order valence-electron chi connectivity index (χ1n) is 9.19. The number of likely N-dealkylation sites (tertiary alicyclic amines) is 1. The van der Waals surface area contributed by atoms with Crippen LogP contribution in [0.15, 0.2) is 21.3 Å². The standard InChI is InChI=1S/C19H25N3O2S/c1-13(2)8-16-20-18(21-24-16)19-6-3-4-15(19)10-22(12-19)17(23)9-14-5-7-25-11-14/h5,7,11,13,15H,3-4,6,8-10,12H2,1-2H3/t15-,19-/m1/s1. The van der Waals surface area contributed by atoms with E-state index in [0.29, 0.717) is 18.3 Å². The van der Waals surface area contributed by atoms with Crippen molar-refractivity contribution in [3.63, 3.8) is 0 Å². The number of carbonyl (C=O) groups is 1. The van der Waals surface area contributed by atoms with Gasteiger partial charge in [0.15, 0.2) is 5.82 Å². The first kappa shape index (κ1) is 16.8. The number of hydrogen-bond acceptors (Lipinski definition) is 5. The summed E-state index contributed by atoms with van der Waals surface area (Å²) in [5.41, 5.74) is 1.02. The van der Waals surface area contributed by atoms with E-state index in [4.69, 9.17) is 9.51 Å². The Morgan fingerprint density at radius 3 is 3.16 bits per heavy atom. The summed E-state index contributed by atoms with van der Waals surface area (Å²) in [6.07, 6.45) is 4.70. The van der Waals surface area contributed by atoms with E-state index < -0.39 is 0 Å². The second kappa shape index (κ2) is 6.56. The van der Waals surface area contributed by atoms with Gasteiger partial charge in [-0.25, -0.2) is 0 Å². The minimum Gasteiger partial charge on any atom is -0.341 e. The molecule has 0 unspecified atom stereocenters. The van der Waals surface area contributed by atoms with Crippen LogP contribution in [-0.4, -0.2) is 34.0 Å². The Labute approximate surface area is 152 Å². The maximum absolute atomic E-state index is 12.7. The van der Waals surface area contributed by atoms with E-state index in [0.717, 1.165) is 49.6 Å². The molecular weight excluding hydrogens is 334 g/mol. The molecule has 1 aliphatic carbocycles. The minimum absolute atomic E-state index is 0.0942. The van der Waals surface area contributed by atoms with E-state index >= 15 is 0 Å². The molecule has 0 spiro atoms. The average Bonchev–Trinajstić information content (AvgIpc) is 3.29. The van der Waals surface area contributed by atoms with Crippen molar-refractivity contribution in [1.82, 2.24) is 15.0 Å². The van der Waals surface area contributed by atoms with Gasteiger partial charge in [0.2, 0.25) is 11.8 Å². The molecule has 25 heavy (non-hydrogen) atoms. The predicted molar refractivity (Wildman–Crippen MR) is 96.5 cm³/mol. The van der Waals surface area contributed by atoms with Crippen LogP contribution in [0.3, 0.4) is 0 Å². The molecule has 2 atom stereocenters. The minimum atomic E-state index is -0.0942.